The lowest BCUT2D eigenvalue weighted by molar-refractivity contribution is -0.0108. The van der Waals surface area contributed by atoms with E-state index in [1.54, 1.807) is 17.3 Å². The van der Waals surface area contributed by atoms with Gasteiger partial charge in [-0.05, 0) is 33.6 Å². The van der Waals surface area contributed by atoms with E-state index in [1.807, 2.05) is 33.8 Å². The van der Waals surface area contributed by atoms with E-state index in [4.69, 9.17) is 9.26 Å². The van der Waals surface area contributed by atoms with E-state index in [2.05, 4.69) is 15.1 Å². The molecule has 0 saturated carbocycles. The van der Waals surface area contributed by atoms with Crippen molar-refractivity contribution in [1.82, 2.24) is 20.0 Å². The smallest absolute Gasteiger partial charge is 0.410 e. The van der Waals surface area contributed by atoms with Crippen molar-refractivity contribution in [2.24, 2.45) is 0 Å². The Balaban J connectivity index is 1.77. The fraction of sp³-hybridized carbons (Fsp3) is 0.529. The number of rotatable bonds is 3. The van der Waals surface area contributed by atoms with E-state index >= 15 is 0 Å². The molecule has 0 radical (unpaired) electrons. The van der Waals surface area contributed by atoms with Crippen LogP contribution in [0, 0.1) is 0 Å². The summed E-state index contributed by atoms with van der Waals surface area (Å²) in [7, 11) is 0. The zero-order valence-corrected chi connectivity index (χ0v) is 14.4. The van der Waals surface area contributed by atoms with E-state index in [-0.39, 0.29) is 12.1 Å². The highest BCUT2D eigenvalue weighted by Crippen LogP contribution is 2.36. The number of amides is 1. The molecule has 0 spiro atoms. The molecule has 128 valence electrons. The second-order valence-corrected chi connectivity index (χ2v) is 6.80. The lowest BCUT2D eigenvalue weighted by Gasteiger charge is -2.39. The maximum absolute atomic E-state index is 12.2. The summed E-state index contributed by atoms with van der Waals surface area (Å²) in [5.74, 6) is 0.648. The van der Waals surface area contributed by atoms with Gasteiger partial charge >= 0.3 is 6.09 Å². The first-order valence-corrected chi connectivity index (χ1v) is 8.15. The minimum atomic E-state index is -0.514. The first kappa shape index (κ1) is 16.4. The van der Waals surface area contributed by atoms with Gasteiger partial charge in [0.2, 0.25) is 0 Å². The van der Waals surface area contributed by atoms with Crippen LogP contribution in [0.5, 0.6) is 0 Å². The highest BCUT2D eigenvalue weighted by molar-refractivity contribution is 5.70. The SMILES string of the molecule is CCc1nccnc1-c1cc([C@@H]2CCN2C(=O)OC(C)(C)C)on1. The highest BCUT2D eigenvalue weighted by atomic mass is 16.6. The fourth-order valence-corrected chi connectivity index (χ4v) is 2.62. The Hall–Kier alpha value is -2.44. The van der Waals surface area contributed by atoms with Gasteiger partial charge < -0.3 is 9.26 Å². The number of likely N-dealkylation sites (tertiary alicyclic amines) is 1. The maximum Gasteiger partial charge on any atom is 0.410 e. The molecule has 2 aromatic heterocycles. The number of aromatic nitrogens is 3. The van der Waals surface area contributed by atoms with Crippen molar-refractivity contribution in [3.63, 3.8) is 0 Å². The third kappa shape index (κ3) is 3.25. The Morgan fingerprint density at radius 1 is 1.38 bits per heavy atom. The van der Waals surface area contributed by atoms with Gasteiger partial charge in [-0.2, -0.15) is 0 Å². The van der Waals surface area contributed by atoms with E-state index < -0.39 is 5.60 Å². The molecule has 1 saturated heterocycles. The number of carbonyl (C=O) groups excluding carboxylic acids is 1. The molecular formula is C17H22N4O3. The van der Waals surface area contributed by atoms with Gasteiger partial charge in [0.15, 0.2) is 5.76 Å². The normalized spacial score (nSPS) is 17.5. The van der Waals surface area contributed by atoms with Crippen LogP contribution in [0.25, 0.3) is 11.4 Å². The summed E-state index contributed by atoms with van der Waals surface area (Å²) >= 11 is 0. The number of ether oxygens (including phenoxy) is 1. The Bertz CT molecular complexity index is 735. The van der Waals surface area contributed by atoms with Crippen molar-refractivity contribution in [3.8, 4) is 11.4 Å². The molecule has 7 heteroatoms. The summed E-state index contributed by atoms with van der Waals surface area (Å²) in [4.78, 5) is 22.5. The van der Waals surface area contributed by atoms with Crippen LogP contribution in [-0.4, -0.2) is 38.3 Å². The number of carbonyl (C=O) groups is 1. The number of nitrogens with zero attached hydrogens (tertiary/aromatic N) is 4. The van der Waals surface area contributed by atoms with Gasteiger partial charge in [-0.25, -0.2) is 4.79 Å². The third-order valence-electron chi connectivity index (χ3n) is 3.86. The van der Waals surface area contributed by atoms with Crippen LogP contribution < -0.4 is 0 Å². The van der Waals surface area contributed by atoms with E-state index in [1.165, 1.54) is 0 Å². The molecule has 1 aliphatic heterocycles. The van der Waals surface area contributed by atoms with Crippen LogP contribution in [0.2, 0.25) is 0 Å². The summed E-state index contributed by atoms with van der Waals surface area (Å²) in [6.07, 6.45) is 4.57. The lowest BCUT2D eigenvalue weighted by atomic mass is 10.0. The molecule has 0 unspecified atom stereocenters. The van der Waals surface area contributed by atoms with Crippen molar-refractivity contribution in [2.75, 3.05) is 6.54 Å². The summed E-state index contributed by atoms with van der Waals surface area (Å²) in [6, 6.07) is 1.70. The Morgan fingerprint density at radius 2 is 2.12 bits per heavy atom. The van der Waals surface area contributed by atoms with Crippen molar-refractivity contribution in [1.29, 1.82) is 0 Å². The molecule has 0 bridgehead atoms. The molecule has 7 nitrogen and oxygen atoms in total. The summed E-state index contributed by atoms with van der Waals surface area (Å²) in [5.41, 5.74) is 1.72. The van der Waals surface area contributed by atoms with E-state index in [9.17, 15) is 4.79 Å². The van der Waals surface area contributed by atoms with Crippen LogP contribution in [0.15, 0.2) is 23.0 Å². The molecule has 0 N–H and O–H groups in total. The van der Waals surface area contributed by atoms with E-state index in [0.29, 0.717) is 18.0 Å². The van der Waals surface area contributed by atoms with Crippen LogP contribution in [0.4, 0.5) is 4.79 Å². The molecule has 2 aromatic rings. The average Bonchev–Trinajstić information content (AvgIpc) is 2.93. The van der Waals surface area contributed by atoms with Gasteiger partial charge in [-0.1, -0.05) is 12.1 Å². The molecule has 1 aliphatic rings. The summed E-state index contributed by atoms with van der Waals surface area (Å²) < 4.78 is 10.9. The molecule has 1 fully saturated rings. The van der Waals surface area contributed by atoms with Crippen LogP contribution in [0.1, 0.15) is 51.6 Å². The Kier molecular flexibility index (Phi) is 4.26. The summed E-state index contributed by atoms with van der Waals surface area (Å²) in [5, 5.41) is 4.11. The molecular weight excluding hydrogens is 308 g/mol. The minimum absolute atomic E-state index is 0.136. The average molecular weight is 330 g/mol. The maximum atomic E-state index is 12.2. The molecule has 1 atom stereocenters. The van der Waals surface area contributed by atoms with Crippen LogP contribution in [-0.2, 0) is 11.2 Å². The van der Waals surface area contributed by atoms with Crippen LogP contribution in [0.3, 0.4) is 0 Å². The van der Waals surface area contributed by atoms with Gasteiger partial charge in [-0.15, -0.1) is 0 Å². The van der Waals surface area contributed by atoms with Crippen LogP contribution >= 0.6 is 0 Å². The second kappa shape index (κ2) is 6.22. The van der Waals surface area contributed by atoms with Gasteiger partial charge in [0.1, 0.15) is 17.0 Å². The first-order chi connectivity index (χ1) is 11.4. The van der Waals surface area contributed by atoms with Crippen molar-refractivity contribution in [2.45, 2.75) is 52.2 Å². The molecule has 0 aromatic carbocycles. The molecule has 3 rings (SSSR count). The quantitative estimate of drug-likeness (QED) is 0.858. The van der Waals surface area contributed by atoms with Gasteiger partial charge in [-0.3, -0.25) is 14.9 Å². The van der Waals surface area contributed by atoms with Crippen molar-refractivity contribution in [3.05, 3.63) is 29.9 Å². The monoisotopic (exact) mass is 330 g/mol. The van der Waals surface area contributed by atoms with Gasteiger partial charge in [0.05, 0.1) is 11.7 Å². The Labute approximate surface area is 141 Å². The van der Waals surface area contributed by atoms with E-state index in [0.717, 1.165) is 24.2 Å². The fourth-order valence-electron chi connectivity index (χ4n) is 2.62. The topological polar surface area (TPSA) is 81.4 Å². The molecule has 0 aliphatic carbocycles. The second-order valence-electron chi connectivity index (χ2n) is 6.80. The summed E-state index contributed by atoms with van der Waals surface area (Å²) in [6.45, 7) is 8.23. The predicted octanol–water partition coefficient (Wildman–Crippen LogP) is 3.38. The highest BCUT2D eigenvalue weighted by Gasteiger charge is 2.38. The van der Waals surface area contributed by atoms with Crippen molar-refractivity contribution >= 4 is 6.09 Å². The predicted molar refractivity (Wildman–Crippen MR) is 87.2 cm³/mol. The Morgan fingerprint density at radius 3 is 2.75 bits per heavy atom. The lowest BCUT2D eigenvalue weighted by Crippen LogP contribution is -2.47. The first-order valence-electron chi connectivity index (χ1n) is 8.15. The zero-order chi connectivity index (χ0) is 17.3. The van der Waals surface area contributed by atoms with Crippen molar-refractivity contribution < 1.29 is 14.1 Å². The molecule has 24 heavy (non-hydrogen) atoms. The number of hydrogen-bond donors (Lipinski definition) is 0. The minimum Gasteiger partial charge on any atom is -0.444 e. The number of aryl methyl sites for hydroxylation is 1. The standard InChI is InChI=1S/C17H22N4O3/c1-5-11-15(19-8-7-18-11)12-10-14(24-20-12)13-6-9-21(13)16(22)23-17(2,3)4/h7-8,10,13H,5-6,9H2,1-4H3/t13-/m0/s1. The molecule has 1 amide bonds. The largest absolute Gasteiger partial charge is 0.444 e. The zero-order valence-electron chi connectivity index (χ0n) is 14.4. The third-order valence-corrected chi connectivity index (χ3v) is 3.86. The van der Waals surface area contributed by atoms with Gasteiger partial charge in [0, 0.05) is 25.0 Å². The van der Waals surface area contributed by atoms with Gasteiger partial charge in [0.25, 0.3) is 0 Å². The molecule has 3 heterocycles. The number of hydrogen-bond acceptors (Lipinski definition) is 6.